The van der Waals surface area contributed by atoms with Gasteiger partial charge in [-0.1, -0.05) is 13.3 Å². The van der Waals surface area contributed by atoms with Crippen LogP contribution in [0.5, 0.6) is 0 Å². The van der Waals surface area contributed by atoms with Crippen LogP contribution in [0, 0.1) is 0 Å². The van der Waals surface area contributed by atoms with Crippen LogP contribution in [-0.4, -0.2) is 50.2 Å². The minimum atomic E-state index is -0.830. The lowest BCUT2D eigenvalue weighted by atomic mass is 9.77. The van der Waals surface area contributed by atoms with Crippen molar-refractivity contribution in [1.29, 1.82) is 0 Å². The van der Waals surface area contributed by atoms with Gasteiger partial charge in [0.1, 0.15) is 32.4 Å². The molecule has 0 aromatic heterocycles. The van der Waals surface area contributed by atoms with E-state index in [1.807, 2.05) is 7.85 Å². The molecular formula is C9H17BO4. The van der Waals surface area contributed by atoms with Crippen LogP contribution in [0.15, 0.2) is 0 Å². The Morgan fingerprint density at radius 1 is 1.57 bits per heavy atom. The summed E-state index contributed by atoms with van der Waals surface area (Å²) in [5.74, 6) is 0. The number of hydrogen-bond acceptors (Lipinski definition) is 4. The predicted molar refractivity (Wildman–Crippen MR) is 52.8 cm³/mol. The summed E-state index contributed by atoms with van der Waals surface area (Å²) in [5.41, 5.74) is -0.830. The van der Waals surface area contributed by atoms with E-state index in [0.29, 0.717) is 6.61 Å². The molecule has 0 radical (unpaired) electrons. The largest absolute Gasteiger partial charge is 0.385 e. The standard InChI is InChI=1S/C9H17BO4/c1-2-3-9(11)7-6(14-8(9)10)4-12-5-13-7/h6-8,11H,2-5,10H2,1H3/t6?,7-,8?,9-/m1/s1. The van der Waals surface area contributed by atoms with Gasteiger partial charge in [0.25, 0.3) is 0 Å². The Balaban J connectivity index is 2.14. The van der Waals surface area contributed by atoms with Gasteiger partial charge in [-0.2, -0.15) is 0 Å². The number of hydrogen-bond donors (Lipinski definition) is 1. The second-order valence-corrected chi connectivity index (χ2v) is 4.13. The molecule has 2 aliphatic heterocycles. The van der Waals surface area contributed by atoms with Crippen LogP contribution < -0.4 is 0 Å². The van der Waals surface area contributed by atoms with Gasteiger partial charge in [-0.15, -0.1) is 0 Å². The Labute approximate surface area is 84.9 Å². The van der Waals surface area contributed by atoms with Crippen LogP contribution in [0.25, 0.3) is 0 Å². The molecule has 0 spiro atoms. The Morgan fingerprint density at radius 3 is 3.07 bits per heavy atom. The van der Waals surface area contributed by atoms with E-state index in [9.17, 15) is 5.11 Å². The lowest BCUT2D eigenvalue weighted by Gasteiger charge is -2.34. The average Bonchev–Trinajstić information content (AvgIpc) is 2.41. The molecular weight excluding hydrogens is 183 g/mol. The van der Waals surface area contributed by atoms with Crippen LogP contribution in [-0.2, 0) is 14.2 Å². The SMILES string of the molecule is BC1OC2COCO[C@H]2[C@]1(O)CCC. The molecule has 4 atom stereocenters. The Bertz CT molecular complexity index is 213. The van der Waals surface area contributed by atoms with Crippen LogP contribution in [0.1, 0.15) is 19.8 Å². The molecule has 2 saturated heterocycles. The summed E-state index contributed by atoms with van der Waals surface area (Å²) in [7, 11) is 1.90. The predicted octanol–water partition coefficient (Wildman–Crippen LogP) is -0.752. The van der Waals surface area contributed by atoms with Gasteiger partial charge in [-0.25, -0.2) is 0 Å². The molecule has 2 rings (SSSR count). The summed E-state index contributed by atoms with van der Waals surface area (Å²) in [6, 6.07) is -0.167. The lowest BCUT2D eigenvalue weighted by Crippen LogP contribution is -2.52. The minimum Gasteiger partial charge on any atom is -0.385 e. The molecule has 1 N–H and O–H groups in total. The maximum atomic E-state index is 10.4. The van der Waals surface area contributed by atoms with Gasteiger partial charge < -0.3 is 19.3 Å². The first-order chi connectivity index (χ1) is 6.68. The normalized spacial score (nSPS) is 47.7. The van der Waals surface area contributed by atoms with Gasteiger partial charge in [0.2, 0.25) is 0 Å². The maximum Gasteiger partial charge on any atom is 0.147 e. The fraction of sp³-hybridized carbons (Fsp3) is 1.00. The van der Waals surface area contributed by atoms with Gasteiger partial charge in [0, 0.05) is 0 Å². The summed E-state index contributed by atoms with van der Waals surface area (Å²) in [6.07, 6.45) is 1.33. The van der Waals surface area contributed by atoms with E-state index in [2.05, 4.69) is 6.92 Å². The zero-order valence-corrected chi connectivity index (χ0v) is 8.73. The van der Waals surface area contributed by atoms with Gasteiger partial charge >= 0.3 is 0 Å². The Hall–Kier alpha value is -0.0951. The van der Waals surface area contributed by atoms with E-state index < -0.39 is 5.60 Å². The number of rotatable bonds is 2. The third kappa shape index (κ3) is 1.48. The van der Waals surface area contributed by atoms with Gasteiger partial charge in [-0.3, -0.25) is 0 Å². The summed E-state index contributed by atoms with van der Waals surface area (Å²) in [6.45, 7) is 2.85. The summed E-state index contributed by atoms with van der Waals surface area (Å²) in [4.78, 5) is 0. The number of aliphatic hydroxyl groups is 1. The highest BCUT2D eigenvalue weighted by Crippen LogP contribution is 2.37. The van der Waals surface area contributed by atoms with E-state index in [-0.39, 0.29) is 25.0 Å². The lowest BCUT2D eigenvalue weighted by molar-refractivity contribution is -0.204. The van der Waals surface area contributed by atoms with E-state index >= 15 is 0 Å². The van der Waals surface area contributed by atoms with Crippen LogP contribution >= 0.6 is 0 Å². The van der Waals surface area contributed by atoms with Crippen molar-refractivity contribution in [2.24, 2.45) is 0 Å². The van der Waals surface area contributed by atoms with Crippen LogP contribution in [0.2, 0.25) is 0 Å². The van der Waals surface area contributed by atoms with Crippen molar-refractivity contribution in [3.63, 3.8) is 0 Å². The number of ether oxygens (including phenoxy) is 3. The van der Waals surface area contributed by atoms with Crippen molar-refractivity contribution in [3.05, 3.63) is 0 Å². The van der Waals surface area contributed by atoms with Crippen molar-refractivity contribution in [2.45, 2.75) is 43.6 Å². The monoisotopic (exact) mass is 200 g/mol. The fourth-order valence-corrected chi connectivity index (χ4v) is 2.41. The maximum absolute atomic E-state index is 10.4. The molecule has 0 aromatic rings. The van der Waals surface area contributed by atoms with Crippen molar-refractivity contribution in [3.8, 4) is 0 Å². The smallest absolute Gasteiger partial charge is 0.147 e. The molecule has 2 aliphatic rings. The highest BCUT2D eigenvalue weighted by Gasteiger charge is 2.54. The highest BCUT2D eigenvalue weighted by atomic mass is 16.7. The molecule has 0 aliphatic carbocycles. The molecule has 4 nitrogen and oxygen atoms in total. The van der Waals surface area contributed by atoms with Crippen LogP contribution in [0.4, 0.5) is 0 Å². The van der Waals surface area contributed by atoms with Gasteiger partial charge in [0.05, 0.1) is 12.6 Å². The molecule has 14 heavy (non-hydrogen) atoms. The molecule has 0 bridgehead atoms. The second kappa shape index (κ2) is 3.81. The third-order valence-corrected chi connectivity index (χ3v) is 3.18. The molecule has 0 saturated carbocycles. The topological polar surface area (TPSA) is 47.9 Å². The highest BCUT2D eigenvalue weighted by molar-refractivity contribution is 6.12. The van der Waals surface area contributed by atoms with Gasteiger partial charge in [0.15, 0.2) is 0 Å². The zero-order valence-electron chi connectivity index (χ0n) is 8.73. The third-order valence-electron chi connectivity index (χ3n) is 3.18. The quantitative estimate of drug-likeness (QED) is 0.595. The Kier molecular flexibility index (Phi) is 2.84. The first-order valence-corrected chi connectivity index (χ1v) is 5.25. The van der Waals surface area contributed by atoms with Crippen LogP contribution in [0.3, 0.4) is 0 Å². The van der Waals surface area contributed by atoms with E-state index in [1.54, 1.807) is 0 Å². The van der Waals surface area contributed by atoms with Crippen molar-refractivity contribution in [2.75, 3.05) is 13.4 Å². The molecule has 0 aromatic carbocycles. The molecule has 2 heterocycles. The zero-order chi connectivity index (χ0) is 10.2. The minimum absolute atomic E-state index is 0.102. The van der Waals surface area contributed by atoms with Crippen molar-refractivity contribution >= 4 is 7.85 Å². The first kappa shape index (κ1) is 10.4. The summed E-state index contributed by atoms with van der Waals surface area (Å²) in [5, 5.41) is 10.4. The summed E-state index contributed by atoms with van der Waals surface area (Å²) < 4.78 is 16.2. The van der Waals surface area contributed by atoms with Crippen molar-refractivity contribution in [1.82, 2.24) is 0 Å². The molecule has 2 fully saturated rings. The number of fused-ring (bicyclic) bond motifs is 1. The fourth-order valence-electron chi connectivity index (χ4n) is 2.41. The Morgan fingerprint density at radius 2 is 2.36 bits per heavy atom. The molecule has 2 unspecified atom stereocenters. The molecule has 80 valence electrons. The van der Waals surface area contributed by atoms with E-state index in [1.165, 1.54) is 0 Å². The van der Waals surface area contributed by atoms with Gasteiger partial charge in [-0.05, 0) is 6.42 Å². The van der Waals surface area contributed by atoms with Crippen molar-refractivity contribution < 1.29 is 19.3 Å². The molecule has 5 heteroatoms. The average molecular weight is 200 g/mol. The summed E-state index contributed by atoms with van der Waals surface area (Å²) >= 11 is 0. The molecule has 0 amide bonds. The van der Waals surface area contributed by atoms with E-state index in [4.69, 9.17) is 14.2 Å². The second-order valence-electron chi connectivity index (χ2n) is 4.13. The first-order valence-electron chi connectivity index (χ1n) is 5.25. The van der Waals surface area contributed by atoms with E-state index in [0.717, 1.165) is 12.8 Å².